The summed E-state index contributed by atoms with van der Waals surface area (Å²) in [4.78, 5) is 11.9. The molecule has 0 aromatic carbocycles. The monoisotopic (exact) mass is 534 g/mol. The van der Waals surface area contributed by atoms with Crippen LogP contribution in [0.25, 0.3) is 0 Å². The minimum absolute atomic E-state index is 0. The molecule has 1 atom stereocenters. The molecule has 1 aliphatic heterocycles. The van der Waals surface area contributed by atoms with Crippen molar-refractivity contribution in [3.8, 4) is 0 Å². The van der Waals surface area contributed by atoms with Crippen molar-refractivity contribution >= 4 is 47.4 Å². The lowest BCUT2D eigenvalue weighted by Crippen LogP contribution is -2.45. The molecular formula is C17H27ClF3IN6. The van der Waals surface area contributed by atoms with Crippen LogP contribution in [0.15, 0.2) is 23.3 Å². The quantitative estimate of drug-likeness (QED) is 0.244. The molecule has 0 aliphatic carbocycles. The zero-order valence-electron chi connectivity index (χ0n) is 16.0. The molecule has 1 saturated heterocycles. The Balaban J connectivity index is 0.00000392. The summed E-state index contributed by atoms with van der Waals surface area (Å²) in [6.45, 7) is 1.61. The molecule has 1 aromatic heterocycles. The van der Waals surface area contributed by atoms with Crippen molar-refractivity contribution in [2.75, 3.05) is 51.7 Å². The zero-order chi connectivity index (χ0) is 19.9. The zero-order valence-corrected chi connectivity index (χ0v) is 19.1. The lowest BCUT2D eigenvalue weighted by atomic mass is 10.3. The number of guanidine groups is 1. The normalized spacial score (nSPS) is 17.6. The van der Waals surface area contributed by atoms with E-state index in [4.69, 9.17) is 11.6 Å². The molecule has 2 N–H and O–H groups in total. The van der Waals surface area contributed by atoms with Gasteiger partial charge in [0.05, 0.1) is 11.6 Å². The maximum absolute atomic E-state index is 12.3. The maximum atomic E-state index is 12.3. The van der Waals surface area contributed by atoms with Crippen LogP contribution in [0.5, 0.6) is 0 Å². The van der Waals surface area contributed by atoms with Gasteiger partial charge in [0.25, 0.3) is 0 Å². The Morgan fingerprint density at radius 1 is 1.46 bits per heavy atom. The Morgan fingerprint density at radius 3 is 2.86 bits per heavy atom. The first-order valence-corrected chi connectivity index (χ1v) is 9.24. The van der Waals surface area contributed by atoms with Crippen molar-refractivity contribution in [1.29, 1.82) is 0 Å². The van der Waals surface area contributed by atoms with E-state index >= 15 is 0 Å². The van der Waals surface area contributed by atoms with Crippen LogP contribution in [0.1, 0.15) is 12.8 Å². The number of halogens is 5. The Bertz CT molecular complexity index is 631. The topological polar surface area (TPSA) is 55.8 Å². The van der Waals surface area contributed by atoms with Crippen molar-refractivity contribution in [1.82, 2.24) is 20.5 Å². The predicted octanol–water partition coefficient (Wildman–Crippen LogP) is 2.98. The van der Waals surface area contributed by atoms with E-state index in [0.717, 1.165) is 25.3 Å². The van der Waals surface area contributed by atoms with Crippen molar-refractivity contribution < 1.29 is 13.2 Å². The van der Waals surface area contributed by atoms with Crippen LogP contribution < -0.4 is 15.5 Å². The third kappa shape index (κ3) is 8.56. The highest BCUT2D eigenvalue weighted by Crippen LogP contribution is 2.25. The summed E-state index contributed by atoms with van der Waals surface area (Å²) in [5.41, 5.74) is 0. The number of nitrogens with one attached hydrogen (secondary N) is 2. The van der Waals surface area contributed by atoms with E-state index in [1.807, 2.05) is 6.07 Å². The fraction of sp³-hybridized carbons (Fsp3) is 0.647. The molecule has 2 rings (SSSR count). The van der Waals surface area contributed by atoms with Gasteiger partial charge in [0.2, 0.25) is 0 Å². The average Bonchev–Trinajstić information content (AvgIpc) is 3.04. The van der Waals surface area contributed by atoms with E-state index in [1.165, 1.54) is 11.9 Å². The Morgan fingerprint density at radius 2 is 2.21 bits per heavy atom. The van der Waals surface area contributed by atoms with Gasteiger partial charge >= 0.3 is 6.18 Å². The first-order chi connectivity index (χ1) is 12.8. The second-order valence-electron chi connectivity index (χ2n) is 6.59. The molecule has 2 heterocycles. The lowest BCUT2D eigenvalue weighted by Gasteiger charge is -2.21. The number of rotatable bonds is 7. The second-order valence-corrected chi connectivity index (χ2v) is 7.00. The number of anilines is 1. The molecule has 1 aliphatic rings. The van der Waals surface area contributed by atoms with Gasteiger partial charge in [-0.3, -0.25) is 9.89 Å². The molecule has 28 heavy (non-hydrogen) atoms. The van der Waals surface area contributed by atoms with Crippen LogP contribution in [0.2, 0.25) is 5.02 Å². The summed E-state index contributed by atoms with van der Waals surface area (Å²) in [5.74, 6) is 1.42. The van der Waals surface area contributed by atoms with E-state index in [9.17, 15) is 13.2 Å². The van der Waals surface area contributed by atoms with E-state index in [0.29, 0.717) is 30.5 Å². The molecule has 0 radical (unpaired) electrons. The molecule has 11 heteroatoms. The van der Waals surface area contributed by atoms with Crippen LogP contribution in [-0.2, 0) is 0 Å². The van der Waals surface area contributed by atoms with Gasteiger partial charge in [-0.25, -0.2) is 4.98 Å². The molecule has 0 spiro atoms. The van der Waals surface area contributed by atoms with Gasteiger partial charge in [-0.1, -0.05) is 11.6 Å². The Labute approximate surface area is 185 Å². The van der Waals surface area contributed by atoms with Crippen LogP contribution in [0.3, 0.4) is 0 Å². The molecule has 6 nitrogen and oxygen atoms in total. The number of hydrogen-bond acceptors (Lipinski definition) is 4. The average molecular weight is 535 g/mol. The van der Waals surface area contributed by atoms with E-state index < -0.39 is 12.7 Å². The van der Waals surface area contributed by atoms with Gasteiger partial charge in [-0.2, -0.15) is 13.2 Å². The van der Waals surface area contributed by atoms with Crippen molar-refractivity contribution in [2.45, 2.75) is 25.1 Å². The first-order valence-electron chi connectivity index (χ1n) is 8.86. The summed E-state index contributed by atoms with van der Waals surface area (Å²) in [7, 11) is 3.14. The molecule has 0 bridgehead atoms. The maximum Gasteiger partial charge on any atom is 0.401 e. The van der Waals surface area contributed by atoms with Crippen LogP contribution in [0, 0.1) is 0 Å². The molecular weight excluding hydrogens is 508 g/mol. The van der Waals surface area contributed by atoms with Crippen LogP contribution >= 0.6 is 35.6 Å². The molecule has 0 saturated carbocycles. The van der Waals surface area contributed by atoms with E-state index in [1.54, 1.807) is 19.3 Å². The first kappa shape index (κ1) is 25.0. The fourth-order valence-corrected chi connectivity index (χ4v) is 3.25. The minimum Gasteiger partial charge on any atom is -0.356 e. The van der Waals surface area contributed by atoms with Gasteiger partial charge in [0.1, 0.15) is 5.82 Å². The van der Waals surface area contributed by atoms with Gasteiger partial charge in [-0.15, -0.1) is 24.0 Å². The summed E-state index contributed by atoms with van der Waals surface area (Å²) < 4.78 is 36.9. The number of alkyl halides is 3. The number of nitrogens with zero attached hydrogens (tertiary/aromatic N) is 4. The summed E-state index contributed by atoms with van der Waals surface area (Å²) in [5, 5.41) is 7.12. The summed E-state index contributed by atoms with van der Waals surface area (Å²) in [6.07, 6.45) is -0.932. The fourth-order valence-electron chi connectivity index (χ4n) is 3.01. The smallest absolute Gasteiger partial charge is 0.356 e. The van der Waals surface area contributed by atoms with Gasteiger partial charge in [0, 0.05) is 38.9 Å². The minimum atomic E-state index is -4.16. The number of aliphatic imine (C=N–C) groups is 1. The molecule has 0 amide bonds. The summed E-state index contributed by atoms with van der Waals surface area (Å²) >= 11 is 6.20. The van der Waals surface area contributed by atoms with Crippen molar-refractivity contribution in [2.24, 2.45) is 4.99 Å². The molecule has 1 unspecified atom stereocenters. The third-order valence-corrected chi connectivity index (χ3v) is 4.54. The van der Waals surface area contributed by atoms with E-state index in [-0.39, 0.29) is 30.0 Å². The molecule has 1 fully saturated rings. The highest BCUT2D eigenvalue weighted by Gasteiger charge is 2.29. The van der Waals surface area contributed by atoms with Gasteiger partial charge in [0.15, 0.2) is 5.96 Å². The van der Waals surface area contributed by atoms with Crippen molar-refractivity contribution in [3.63, 3.8) is 0 Å². The summed E-state index contributed by atoms with van der Waals surface area (Å²) in [6, 6.07) is 3.82. The highest BCUT2D eigenvalue weighted by molar-refractivity contribution is 14.0. The largest absolute Gasteiger partial charge is 0.401 e. The van der Waals surface area contributed by atoms with Gasteiger partial charge < -0.3 is 15.5 Å². The third-order valence-electron chi connectivity index (χ3n) is 4.25. The number of hydrogen-bond donors (Lipinski definition) is 2. The predicted molar refractivity (Wildman–Crippen MR) is 118 cm³/mol. The second kappa shape index (κ2) is 11.9. The number of pyridine rings is 1. The van der Waals surface area contributed by atoms with E-state index in [2.05, 4.69) is 25.5 Å². The SMILES string of the molecule is CN=C(NCCCN(C)CC(F)(F)F)NC1CCN(c2ncccc2Cl)C1.I. The van der Waals surface area contributed by atoms with Gasteiger partial charge in [-0.05, 0) is 38.6 Å². The molecule has 160 valence electrons. The van der Waals surface area contributed by atoms with Crippen LogP contribution in [0.4, 0.5) is 19.0 Å². The Kier molecular flexibility index (Phi) is 10.6. The molecule has 1 aromatic rings. The van der Waals surface area contributed by atoms with Crippen LogP contribution in [-0.4, -0.2) is 74.9 Å². The standard InChI is InChI=1S/C17H26ClF3N6.HI/c1-22-16(24-8-4-9-26(2)12-17(19,20)21)25-13-6-10-27(11-13)15-14(18)5-3-7-23-15;/h3,5,7,13H,4,6,8-12H2,1-2H3,(H2,22,24,25);1H. The lowest BCUT2D eigenvalue weighted by molar-refractivity contribution is -0.143. The van der Waals surface area contributed by atoms with Crippen molar-refractivity contribution in [3.05, 3.63) is 23.4 Å². The highest BCUT2D eigenvalue weighted by atomic mass is 127. The number of aromatic nitrogens is 1. The Hall–Kier alpha value is -1.01.